The topological polar surface area (TPSA) is 27.1 Å². The molecule has 4 heteroatoms. The Labute approximate surface area is 99.6 Å². The summed E-state index contributed by atoms with van der Waals surface area (Å²) < 4.78 is 7.15. The van der Waals surface area contributed by atoms with Gasteiger partial charge in [-0.2, -0.15) is 0 Å². The minimum absolute atomic E-state index is 0.514. The quantitative estimate of drug-likeness (QED) is 0.818. The number of hydrogen-bond acceptors (Lipinski definition) is 2. The van der Waals surface area contributed by atoms with Crippen LogP contribution in [-0.2, 0) is 6.54 Å². The van der Waals surface area contributed by atoms with E-state index in [1.54, 1.807) is 13.3 Å². The van der Waals surface area contributed by atoms with Crippen molar-refractivity contribution in [3.8, 4) is 17.0 Å². The molecule has 0 fully saturated rings. The fourth-order valence-electron chi connectivity index (χ4n) is 1.67. The molecule has 2 rings (SSSR count). The molecule has 0 amide bonds. The zero-order chi connectivity index (χ0) is 11.5. The lowest BCUT2D eigenvalue weighted by Crippen LogP contribution is -1.97. The van der Waals surface area contributed by atoms with Crippen LogP contribution in [0, 0.1) is 0 Å². The molecule has 0 aliphatic heterocycles. The Bertz CT molecular complexity index is 494. The van der Waals surface area contributed by atoms with Gasteiger partial charge >= 0.3 is 0 Å². The van der Waals surface area contributed by atoms with Crippen LogP contribution in [0.4, 0.5) is 0 Å². The number of rotatable bonds is 3. The van der Waals surface area contributed by atoms with Crippen LogP contribution in [0.1, 0.15) is 6.92 Å². The lowest BCUT2D eigenvalue weighted by molar-refractivity contribution is 0.415. The molecule has 0 bridgehead atoms. The largest absolute Gasteiger partial charge is 0.497 e. The van der Waals surface area contributed by atoms with Crippen LogP contribution in [-0.4, -0.2) is 16.7 Å². The molecule has 1 aromatic heterocycles. The van der Waals surface area contributed by atoms with Crippen LogP contribution in [0.25, 0.3) is 11.3 Å². The lowest BCUT2D eigenvalue weighted by Gasteiger charge is -2.07. The molecule has 0 spiro atoms. The van der Waals surface area contributed by atoms with Gasteiger partial charge in [0.25, 0.3) is 0 Å². The van der Waals surface area contributed by atoms with Gasteiger partial charge in [0.1, 0.15) is 5.75 Å². The minimum atomic E-state index is 0.514. The molecule has 0 atom stereocenters. The number of imidazole rings is 1. The highest BCUT2D eigenvalue weighted by Gasteiger charge is 2.08. The molecule has 0 saturated carbocycles. The van der Waals surface area contributed by atoms with Gasteiger partial charge in [-0.15, -0.1) is 0 Å². The van der Waals surface area contributed by atoms with Crippen molar-refractivity contribution in [1.29, 1.82) is 0 Å². The van der Waals surface area contributed by atoms with Crippen molar-refractivity contribution in [1.82, 2.24) is 9.55 Å². The Morgan fingerprint density at radius 1 is 1.44 bits per heavy atom. The summed E-state index contributed by atoms with van der Waals surface area (Å²) in [5.41, 5.74) is 2.06. The summed E-state index contributed by atoms with van der Waals surface area (Å²) in [4.78, 5) is 4.11. The van der Waals surface area contributed by atoms with Gasteiger partial charge in [0.15, 0.2) is 0 Å². The van der Waals surface area contributed by atoms with Gasteiger partial charge in [-0.05, 0) is 30.7 Å². The Morgan fingerprint density at radius 3 is 2.94 bits per heavy atom. The van der Waals surface area contributed by atoms with E-state index in [4.69, 9.17) is 16.3 Å². The molecule has 0 N–H and O–H groups in total. The second-order valence-electron chi connectivity index (χ2n) is 3.39. The van der Waals surface area contributed by atoms with E-state index in [9.17, 15) is 0 Å². The first-order valence-electron chi connectivity index (χ1n) is 5.11. The Morgan fingerprint density at radius 2 is 2.25 bits per heavy atom. The van der Waals surface area contributed by atoms with Gasteiger partial charge in [-0.3, -0.25) is 0 Å². The van der Waals surface area contributed by atoms with Crippen LogP contribution >= 0.6 is 11.6 Å². The smallest absolute Gasteiger partial charge is 0.203 e. The fourth-order valence-corrected chi connectivity index (χ4v) is 1.93. The summed E-state index contributed by atoms with van der Waals surface area (Å²) in [6.45, 7) is 2.84. The maximum absolute atomic E-state index is 5.99. The van der Waals surface area contributed by atoms with Crippen molar-refractivity contribution in [3.63, 3.8) is 0 Å². The molecule has 3 nitrogen and oxygen atoms in total. The van der Waals surface area contributed by atoms with E-state index in [0.29, 0.717) is 5.28 Å². The number of halogens is 1. The molecule has 2 aromatic rings. The zero-order valence-corrected chi connectivity index (χ0v) is 10.0. The summed E-state index contributed by atoms with van der Waals surface area (Å²) in [7, 11) is 1.66. The number of hydrogen-bond donors (Lipinski definition) is 0. The van der Waals surface area contributed by atoms with Crippen LogP contribution in [0.5, 0.6) is 5.75 Å². The molecule has 0 saturated heterocycles. The van der Waals surface area contributed by atoms with Crippen LogP contribution in [0.3, 0.4) is 0 Å². The average Bonchev–Trinajstić information content (AvgIpc) is 2.70. The second kappa shape index (κ2) is 4.58. The van der Waals surface area contributed by atoms with E-state index in [1.807, 2.05) is 35.8 Å². The van der Waals surface area contributed by atoms with Crippen molar-refractivity contribution in [2.45, 2.75) is 13.5 Å². The maximum atomic E-state index is 5.99. The molecule has 1 heterocycles. The average molecular weight is 237 g/mol. The van der Waals surface area contributed by atoms with E-state index >= 15 is 0 Å². The third-order valence-electron chi connectivity index (χ3n) is 2.49. The zero-order valence-electron chi connectivity index (χ0n) is 9.27. The third-order valence-corrected chi connectivity index (χ3v) is 2.79. The Hall–Kier alpha value is -1.48. The maximum Gasteiger partial charge on any atom is 0.203 e. The predicted octanol–water partition coefficient (Wildman–Crippen LogP) is 3.23. The van der Waals surface area contributed by atoms with E-state index in [0.717, 1.165) is 23.6 Å². The lowest BCUT2D eigenvalue weighted by atomic mass is 10.1. The number of ether oxygens (including phenoxy) is 1. The highest BCUT2D eigenvalue weighted by Crippen LogP contribution is 2.26. The monoisotopic (exact) mass is 236 g/mol. The SMILES string of the molecule is CCn1c(-c2cccc(OC)c2)cnc1Cl. The first kappa shape index (κ1) is 11.0. The van der Waals surface area contributed by atoms with E-state index in [2.05, 4.69) is 4.98 Å². The molecule has 1 aromatic carbocycles. The van der Waals surface area contributed by atoms with Crippen molar-refractivity contribution in [3.05, 3.63) is 35.7 Å². The summed E-state index contributed by atoms with van der Waals surface area (Å²) in [6, 6.07) is 7.86. The van der Waals surface area contributed by atoms with Crippen molar-refractivity contribution in [2.24, 2.45) is 0 Å². The van der Waals surface area contributed by atoms with E-state index in [-0.39, 0.29) is 0 Å². The number of nitrogens with zero attached hydrogens (tertiary/aromatic N) is 2. The first-order chi connectivity index (χ1) is 7.76. The van der Waals surface area contributed by atoms with Gasteiger partial charge in [-0.1, -0.05) is 12.1 Å². The predicted molar refractivity (Wildman–Crippen MR) is 64.9 cm³/mol. The third kappa shape index (κ3) is 1.91. The van der Waals surface area contributed by atoms with Crippen LogP contribution < -0.4 is 4.74 Å². The van der Waals surface area contributed by atoms with E-state index < -0.39 is 0 Å². The van der Waals surface area contributed by atoms with Crippen molar-refractivity contribution in [2.75, 3.05) is 7.11 Å². The number of aromatic nitrogens is 2. The summed E-state index contributed by atoms with van der Waals surface area (Å²) >= 11 is 5.99. The standard InChI is InChI=1S/C12H13ClN2O/c1-3-15-11(8-14-12(15)13)9-5-4-6-10(7-9)16-2/h4-8H,3H2,1-2H3. The molecule has 0 aliphatic rings. The summed E-state index contributed by atoms with van der Waals surface area (Å²) in [5, 5.41) is 0.514. The van der Waals surface area contributed by atoms with Crippen molar-refractivity contribution < 1.29 is 4.74 Å². The van der Waals surface area contributed by atoms with E-state index in [1.165, 1.54) is 0 Å². The van der Waals surface area contributed by atoms with Gasteiger partial charge in [-0.25, -0.2) is 4.98 Å². The highest BCUT2D eigenvalue weighted by atomic mass is 35.5. The fraction of sp³-hybridized carbons (Fsp3) is 0.250. The van der Waals surface area contributed by atoms with Gasteiger partial charge in [0, 0.05) is 12.1 Å². The number of methoxy groups -OCH3 is 1. The molecule has 0 radical (unpaired) electrons. The summed E-state index contributed by atoms with van der Waals surface area (Å²) in [6.07, 6.45) is 1.78. The molecule has 0 aliphatic carbocycles. The number of benzene rings is 1. The second-order valence-corrected chi connectivity index (χ2v) is 3.73. The van der Waals surface area contributed by atoms with Gasteiger partial charge < -0.3 is 9.30 Å². The van der Waals surface area contributed by atoms with Crippen LogP contribution in [0.2, 0.25) is 5.28 Å². The molecular formula is C12H13ClN2O. The first-order valence-corrected chi connectivity index (χ1v) is 5.49. The van der Waals surface area contributed by atoms with Gasteiger partial charge in [0.2, 0.25) is 5.28 Å². The highest BCUT2D eigenvalue weighted by molar-refractivity contribution is 6.28. The molecule has 0 unspecified atom stereocenters. The van der Waals surface area contributed by atoms with Crippen molar-refractivity contribution >= 4 is 11.6 Å². The minimum Gasteiger partial charge on any atom is -0.497 e. The summed E-state index contributed by atoms with van der Waals surface area (Å²) in [5.74, 6) is 0.831. The van der Waals surface area contributed by atoms with Crippen LogP contribution in [0.15, 0.2) is 30.5 Å². The van der Waals surface area contributed by atoms with Gasteiger partial charge in [0.05, 0.1) is 19.0 Å². The molecule has 16 heavy (non-hydrogen) atoms. The Kier molecular flexibility index (Phi) is 3.15. The normalized spacial score (nSPS) is 10.4. The Balaban J connectivity index is 2.49. The molecular weight excluding hydrogens is 224 g/mol. The molecule has 84 valence electrons.